The van der Waals surface area contributed by atoms with E-state index in [1.165, 1.54) is 6.92 Å². The van der Waals surface area contributed by atoms with Crippen LogP contribution >= 0.6 is 11.6 Å². The molecule has 0 radical (unpaired) electrons. The molecule has 0 fully saturated rings. The Morgan fingerprint density at radius 2 is 1.85 bits per heavy atom. The zero-order valence-corrected chi connectivity index (χ0v) is 15.0. The molecule has 0 bridgehead atoms. The molecule has 2 aromatic carbocycles. The van der Waals surface area contributed by atoms with Crippen molar-refractivity contribution in [2.75, 3.05) is 6.79 Å². The summed E-state index contributed by atoms with van der Waals surface area (Å²) in [5.41, 5.74) is 1.17. The van der Waals surface area contributed by atoms with E-state index in [-0.39, 0.29) is 24.5 Å². The first kappa shape index (κ1) is 17.4. The lowest BCUT2D eigenvalue weighted by molar-refractivity contribution is -0.149. The molecule has 7 nitrogen and oxygen atoms in total. The van der Waals surface area contributed by atoms with Crippen LogP contribution in [0.2, 0.25) is 5.02 Å². The van der Waals surface area contributed by atoms with Crippen LogP contribution < -0.4 is 9.47 Å². The molecule has 0 saturated carbocycles. The number of carbonyl (C=O) groups is 3. The summed E-state index contributed by atoms with van der Waals surface area (Å²) in [4.78, 5) is 38.2. The standard InChI is InChI=1S/C19H14ClNO6/c1-10(21-17(22)12-4-2-3-5-13(12)18(21)23)19(24)25-8-11-6-14(20)16-15(7-11)26-9-27-16/h2-7,10H,8-9H2,1H3. The van der Waals surface area contributed by atoms with Crippen LogP contribution in [0.5, 0.6) is 11.5 Å². The van der Waals surface area contributed by atoms with Gasteiger partial charge in [0.05, 0.1) is 16.1 Å². The molecule has 8 heteroatoms. The van der Waals surface area contributed by atoms with Gasteiger partial charge in [-0.2, -0.15) is 0 Å². The largest absolute Gasteiger partial charge is 0.459 e. The van der Waals surface area contributed by atoms with E-state index in [0.717, 1.165) is 4.90 Å². The van der Waals surface area contributed by atoms with E-state index in [1.54, 1.807) is 36.4 Å². The first-order chi connectivity index (χ1) is 13.0. The SMILES string of the molecule is CC(C(=O)OCc1cc(Cl)c2c(c1)OCO2)N1C(=O)c2ccccc2C1=O. The van der Waals surface area contributed by atoms with Crippen molar-refractivity contribution in [3.05, 3.63) is 58.1 Å². The van der Waals surface area contributed by atoms with Crippen molar-refractivity contribution < 1.29 is 28.6 Å². The third kappa shape index (κ3) is 2.90. The van der Waals surface area contributed by atoms with Crippen molar-refractivity contribution in [3.8, 4) is 11.5 Å². The van der Waals surface area contributed by atoms with E-state index in [9.17, 15) is 14.4 Å². The summed E-state index contributed by atoms with van der Waals surface area (Å²) in [6.45, 7) is 1.45. The van der Waals surface area contributed by atoms with Gasteiger partial charge in [-0.25, -0.2) is 4.79 Å². The van der Waals surface area contributed by atoms with E-state index in [0.29, 0.717) is 22.1 Å². The number of imide groups is 1. The Bertz CT molecular complexity index is 938. The number of benzene rings is 2. The predicted molar refractivity (Wildman–Crippen MR) is 93.8 cm³/mol. The van der Waals surface area contributed by atoms with Gasteiger partial charge in [0.15, 0.2) is 11.5 Å². The topological polar surface area (TPSA) is 82.1 Å². The number of amides is 2. The summed E-state index contributed by atoms with van der Waals surface area (Å²) in [6.07, 6.45) is 0. The smallest absolute Gasteiger partial charge is 0.329 e. The summed E-state index contributed by atoms with van der Waals surface area (Å²) in [5, 5.41) is 0.351. The maximum Gasteiger partial charge on any atom is 0.329 e. The summed E-state index contributed by atoms with van der Waals surface area (Å²) in [7, 11) is 0. The number of esters is 1. The van der Waals surface area contributed by atoms with Crippen LogP contribution in [0.4, 0.5) is 0 Å². The predicted octanol–water partition coefficient (Wildman–Crippen LogP) is 2.80. The Morgan fingerprint density at radius 3 is 2.52 bits per heavy atom. The molecule has 2 aromatic rings. The van der Waals surface area contributed by atoms with Crippen molar-refractivity contribution in [2.24, 2.45) is 0 Å². The Hall–Kier alpha value is -3.06. The van der Waals surface area contributed by atoms with Crippen molar-refractivity contribution in [1.82, 2.24) is 4.90 Å². The maximum atomic E-state index is 12.4. The van der Waals surface area contributed by atoms with Gasteiger partial charge in [-0.3, -0.25) is 14.5 Å². The Kier molecular flexibility index (Phi) is 4.24. The molecule has 2 heterocycles. The molecular formula is C19H14ClNO6. The van der Waals surface area contributed by atoms with Gasteiger partial charge >= 0.3 is 5.97 Å². The van der Waals surface area contributed by atoms with Gasteiger partial charge in [0.2, 0.25) is 6.79 Å². The summed E-state index contributed by atoms with van der Waals surface area (Å²) < 4.78 is 15.8. The Balaban J connectivity index is 1.46. The van der Waals surface area contributed by atoms with E-state index in [4.69, 9.17) is 25.8 Å². The highest BCUT2D eigenvalue weighted by atomic mass is 35.5. The lowest BCUT2D eigenvalue weighted by atomic mass is 10.1. The minimum absolute atomic E-state index is 0.0784. The van der Waals surface area contributed by atoms with Crippen molar-refractivity contribution in [1.29, 1.82) is 0 Å². The molecule has 0 aromatic heterocycles. The lowest BCUT2D eigenvalue weighted by Gasteiger charge is -2.21. The number of hydrogen-bond acceptors (Lipinski definition) is 6. The van der Waals surface area contributed by atoms with Gasteiger partial charge < -0.3 is 14.2 Å². The molecule has 0 aliphatic carbocycles. The number of halogens is 1. The molecule has 138 valence electrons. The fraction of sp³-hybridized carbons (Fsp3) is 0.211. The minimum Gasteiger partial charge on any atom is -0.459 e. The highest BCUT2D eigenvalue weighted by molar-refractivity contribution is 6.32. The minimum atomic E-state index is -1.05. The summed E-state index contributed by atoms with van der Waals surface area (Å²) in [5.74, 6) is -0.788. The number of fused-ring (bicyclic) bond motifs is 2. The summed E-state index contributed by atoms with van der Waals surface area (Å²) in [6, 6.07) is 8.66. The molecule has 4 rings (SSSR count). The van der Waals surface area contributed by atoms with Gasteiger partial charge in [-0.1, -0.05) is 23.7 Å². The molecule has 0 spiro atoms. The molecule has 0 saturated heterocycles. The first-order valence-corrected chi connectivity index (χ1v) is 8.56. The molecule has 0 N–H and O–H groups in total. The van der Waals surface area contributed by atoms with E-state index < -0.39 is 23.8 Å². The molecule has 1 atom stereocenters. The molecule has 2 aliphatic heterocycles. The van der Waals surface area contributed by atoms with E-state index >= 15 is 0 Å². The van der Waals surface area contributed by atoms with Gasteiger partial charge in [0.1, 0.15) is 12.6 Å². The van der Waals surface area contributed by atoms with E-state index in [2.05, 4.69) is 0 Å². The van der Waals surface area contributed by atoms with Gasteiger partial charge in [0, 0.05) is 0 Å². The highest BCUT2D eigenvalue weighted by Crippen LogP contribution is 2.40. The zero-order chi connectivity index (χ0) is 19.1. The van der Waals surface area contributed by atoms with Crippen LogP contribution in [0.1, 0.15) is 33.2 Å². The third-order valence-corrected chi connectivity index (χ3v) is 4.70. The monoisotopic (exact) mass is 387 g/mol. The fourth-order valence-electron chi connectivity index (χ4n) is 3.04. The number of hydrogen-bond donors (Lipinski definition) is 0. The van der Waals surface area contributed by atoms with Crippen molar-refractivity contribution >= 4 is 29.4 Å². The maximum absolute atomic E-state index is 12.4. The molecule has 1 unspecified atom stereocenters. The molecule has 2 amide bonds. The Labute approximate surface area is 159 Å². The van der Waals surface area contributed by atoms with Crippen LogP contribution in [-0.4, -0.2) is 35.5 Å². The average molecular weight is 388 g/mol. The molecular weight excluding hydrogens is 374 g/mol. The van der Waals surface area contributed by atoms with Gasteiger partial charge in [-0.05, 0) is 36.8 Å². The quantitative estimate of drug-likeness (QED) is 0.592. The van der Waals surface area contributed by atoms with Crippen LogP contribution in [0.3, 0.4) is 0 Å². The highest BCUT2D eigenvalue weighted by Gasteiger charge is 2.41. The van der Waals surface area contributed by atoms with Crippen LogP contribution in [0.25, 0.3) is 0 Å². The Morgan fingerprint density at radius 1 is 1.19 bits per heavy atom. The van der Waals surface area contributed by atoms with Gasteiger partial charge in [-0.15, -0.1) is 0 Å². The fourth-order valence-corrected chi connectivity index (χ4v) is 3.33. The number of nitrogens with zero attached hydrogens (tertiary/aromatic N) is 1. The van der Waals surface area contributed by atoms with Gasteiger partial charge in [0.25, 0.3) is 11.8 Å². The van der Waals surface area contributed by atoms with Crippen LogP contribution in [0, 0.1) is 0 Å². The second-order valence-electron chi connectivity index (χ2n) is 6.12. The third-order valence-electron chi connectivity index (χ3n) is 4.42. The second-order valence-corrected chi connectivity index (χ2v) is 6.53. The number of ether oxygens (including phenoxy) is 3. The van der Waals surface area contributed by atoms with Crippen LogP contribution in [0.15, 0.2) is 36.4 Å². The van der Waals surface area contributed by atoms with E-state index in [1.807, 2.05) is 0 Å². The van der Waals surface area contributed by atoms with Crippen molar-refractivity contribution in [2.45, 2.75) is 19.6 Å². The van der Waals surface area contributed by atoms with Crippen molar-refractivity contribution in [3.63, 3.8) is 0 Å². The summed E-state index contributed by atoms with van der Waals surface area (Å²) >= 11 is 6.10. The normalized spacial score (nSPS) is 15.7. The van der Waals surface area contributed by atoms with Crippen LogP contribution in [-0.2, 0) is 16.1 Å². The average Bonchev–Trinajstić information content (AvgIpc) is 3.23. The zero-order valence-electron chi connectivity index (χ0n) is 14.2. The second kappa shape index (κ2) is 6.59. The number of carbonyl (C=O) groups excluding carboxylic acids is 3. The molecule has 2 aliphatic rings. The molecule has 27 heavy (non-hydrogen) atoms. The number of rotatable bonds is 4. The lowest BCUT2D eigenvalue weighted by Crippen LogP contribution is -2.43. The first-order valence-electron chi connectivity index (χ1n) is 8.19.